The molecule has 2 fully saturated rings. The number of carbonyl (C=O) groups is 2. The number of guanidine groups is 1. The van der Waals surface area contributed by atoms with Crippen molar-refractivity contribution in [2.45, 2.75) is 44.7 Å². The fourth-order valence-corrected chi connectivity index (χ4v) is 2.39. The maximum Gasteiger partial charge on any atom is 0.239 e. The third-order valence-electron chi connectivity index (χ3n) is 3.77. The van der Waals surface area contributed by atoms with E-state index in [4.69, 9.17) is 0 Å². The van der Waals surface area contributed by atoms with E-state index in [1.807, 2.05) is 11.8 Å². The Balaban J connectivity index is 0.00000242. The summed E-state index contributed by atoms with van der Waals surface area (Å²) in [5.74, 6) is 0.789. The van der Waals surface area contributed by atoms with Gasteiger partial charge in [0.1, 0.15) is 0 Å². The molecule has 126 valence electrons. The Labute approximate surface area is 148 Å². The fraction of sp³-hybridized carbons (Fsp3) is 0.786. The predicted octanol–water partition coefficient (Wildman–Crippen LogP) is 0.0589. The first-order chi connectivity index (χ1) is 10.1. The molecular weight excluding hydrogens is 397 g/mol. The summed E-state index contributed by atoms with van der Waals surface area (Å²) in [5.41, 5.74) is 0. The number of aliphatic imine (C=N–C) groups is 1. The van der Waals surface area contributed by atoms with Gasteiger partial charge in [-0.25, -0.2) is 0 Å². The fourth-order valence-electron chi connectivity index (χ4n) is 2.39. The monoisotopic (exact) mass is 423 g/mol. The lowest BCUT2D eigenvalue weighted by atomic mass is 10.3. The minimum Gasteiger partial charge on any atom is -0.352 e. The van der Waals surface area contributed by atoms with Crippen LogP contribution < -0.4 is 16.0 Å². The molecule has 8 heteroatoms. The van der Waals surface area contributed by atoms with Crippen molar-refractivity contribution in [1.82, 2.24) is 20.9 Å². The zero-order chi connectivity index (χ0) is 15.2. The Kier molecular flexibility index (Phi) is 7.91. The largest absolute Gasteiger partial charge is 0.352 e. The van der Waals surface area contributed by atoms with Gasteiger partial charge in [-0.1, -0.05) is 6.92 Å². The van der Waals surface area contributed by atoms with Crippen LogP contribution in [0.1, 0.15) is 32.6 Å². The first kappa shape index (κ1) is 19.0. The van der Waals surface area contributed by atoms with Crippen LogP contribution in [0.15, 0.2) is 4.99 Å². The Morgan fingerprint density at radius 3 is 2.50 bits per heavy atom. The predicted molar refractivity (Wildman–Crippen MR) is 96.4 cm³/mol. The van der Waals surface area contributed by atoms with Crippen molar-refractivity contribution >= 4 is 41.8 Å². The number of hydrogen-bond donors (Lipinski definition) is 3. The minimum absolute atomic E-state index is 0. The molecule has 0 aromatic heterocycles. The number of amides is 2. The zero-order valence-corrected chi connectivity index (χ0v) is 15.6. The Morgan fingerprint density at radius 1 is 1.18 bits per heavy atom. The van der Waals surface area contributed by atoms with Gasteiger partial charge in [0.15, 0.2) is 5.96 Å². The molecule has 1 saturated carbocycles. The molecule has 0 radical (unpaired) electrons. The second-order valence-electron chi connectivity index (χ2n) is 5.59. The van der Waals surface area contributed by atoms with E-state index < -0.39 is 0 Å². The van der Waals surface area contributed by atoms with Crippen LogP contribution in [-0.4, -0.2) is 61.4 Å². The Hall–Kier alpha value is -1.06. The molecule has 1 unspecified atom stereocenters. The third-order valence-corrected chi connectivity index (χ3v) is 3.77. The molecule has 2 rings (SSSR count). The van der Waals surface area contributed by atoms with Crippen LogP contribution in [0.3, 0.4) is 0 Å². The number of rotatable bonds is 5. The van der Waals surface area contributed by atoms with Gasteiger partial charge in [-0.15, -0.1) is 24.0 Å². The molecule has 1 heterocycles. The normalized spacial score (nSPS) is 21.1. The molecular formula is C14H26IN5O2. The van der Waals surface area contributed by atoms with Gasteiger partial charge in [-0.3, -0.25) is 14.6 Å². The highest BCUT2D eigenvalue weighted by molar-refractivity contribution is 14.0. The standard InChI is InChI=1S/C14H25N5O2.HI/c1-3-13(21)19-7-6-11(9-19)18-14(15-2)16-8-12(20)17-10-4-5-10;/h10-11H,3-9H2,1-2H3,(H,17,20)(H2,15,16,18);1H. The molecule has 2 aliphatic rings. The average molecular weight is 423 g/mol. The van der Waals surface area contributed by atoms with Crippen molar-refractivity contribution in [2.75, 3.05) is 26.7 Å². The van der Waals surface area contributed by atoms with E-state index in [0.29, 0.717) is 25.0 Å². The van der Waals surface area contributed by atoms with Crippen molar-refractivity contribution in [2.24, 2.45) is 4.99 Å². The van der Waals surface area contributed by atoms with Crippen LogP contribution in [0.5, 0.6) is 0 Å². The van der Waals surface area contributed by atoms with E-state index in [0.717, 1.165) is 25.8 Å². The molecule has 1 aliphatic carbocycles. The van der Waals surface area contributed by atoms with E-state index in [2.05, 4.69) is 20.9 Å². The van der Waals surface area contributed by atoms with Gasteiger partial charge in [0.05, 0.1) is 6.54 Å². The summed E-state index contributed by atoms with van der Waals surface area (Å²) in [6.07, 6.45) is 3.62. The van der Waals surface area contributed by atoms with Crippen molar-refractivity contribution in [3.63, 3.8) is 0 Å². The lowest BCUT2D eigenvalue weighted by Gasteiger charge is -2.18. The average Bonchev–Trinajstić information content (AvgIpc) is 3.17. The van der Waals surface area contributed by atoms with Gasteiger partial charge < -0.3 is 20.9 Å². The Morgan fingerprint density at radius 2 is 1.91 bits per heavy atom. The SMILES string of the molecule is CCC(=O)N1CCC(NC(=NC)NCC(=O)NC2CC2)C1.I. The molecule has 1 atom stereocenters. The van der Waals surface area contributed by atoms with E-state index in [9.17, 15) is 9.59 Å². The second-order valence-corrected chi connectivity index (χ2v) is 5.59. The smallest absolute Gasteiger partial charge is 0.239 e. The van der Waals surface area contributed by atoms with Crippen LogP contribution in [0.25, 0.3) is 0 Å². The van der Waals surface area contributed by atoms with Crippen LogP contribution in [0.2, 0.25) is 0 Å². The molecule has 0 spiro atoms. The number of nitrogens with one attached hydrogen (secondary N) is 3. The molecule has 2 amide bonds. The highest BCUT2D eigenvalue weighted by atomic mass is 127. The van der Waals surface area contributed by atoms with Crippen molar-refractivity contribution < 1.29 is 9.59 Å². The van der Waals surface area contributed by atoms with Gasteiger partial charge in [-0.2, -0.15) is 0 Å². The summed E-state index contributed by atoms with van der Waals surface area (Å²) in [6, 6.07) is 0.566. The number of carbonyl (C=O) groups excluding carboxylic acids is 2. The number of likely N-dealkylation sites (tertiary alicyclic amines) is 1. The lowest BCUT2D eigenvalue weighted by molar-refractivity contribution is -0.129. The van der Waals surface area contributed by atoms with E-state index in [-0.39, 0.29) is 48.4 Å². The quantitative estimate of drug-likeness (QED) is 0.332. The number of nitrogens with zero attached hydrogens (tertiary/aromatic N) is 2. The highest BCUT2D eigenvalue weighted by Crippen LogP contribution is 2.18. The molecule has 1 aliphatic heterocycles. The van der Waals surface area contributed by atoms with Crippen LogP contribution >= 0.6 is 24.0 Å². The Bertz CT molecular complexity index is 425. The summed E-state index contributed by atoms with van der Waals surface area (Å²) in [4.78, 5) is 29.2. The van der Waals surface area contributed by atoms with E-state index in [1.54, 1.807) is 7.05 Å². The molecule has 1 saturated heterocycles. The van der Waals surface area contributed by atoms with Gasteiger partial charge >= 0.3 is 0 Å². The van der Waals surface area contributed by atoms with Crippen molar-refractivity contribution in [3.05, 3.63) is 0 Å². The van der Waals surface area contributed by atoms with Crippen LogP contribution in [0.4, 0.5) is 0 Å². The lowest BCUT2D eigenvalue weighted by Crippen LogP contribution is -2.48. The van der Waals surface area contributed by atoms with Gasteiger partial charge in [0, 0.05) is 38.6 Å². The molecule has 0 aromatic rings. The van der Waals surface area contributed by atoms with E-state index >= 15 is 0 Å². The second kappa shape index (κ2) is 9.16. The molecule has 0 bridgehead atoms. The molecule has 3 N–H and O–H groups in total. The van der Waals surface area contributed by atoms with Gasteiger partial charge in [-0.05, 0) is 19.3 Å². The van der Waals surface area contributed by atoms with Gasteiger partial charge in [0.2, 0.25) is 11.8 Å². The zero-order valence-electron chi connectivity index (χ0n) is 13.2. The summed E-state index contributed by atoms with van der Waals surface area (Å²) in [5, 5.41) is 9.19. The van der Waals surface area contributed by atoms with E-state index in [1.165, 1.54) is 0 Å². The number of halogens is 1. The van der Waals surface area contributed by atoms with Crippen LogP contribution in [-0.2, 0) is 9.59 Å². The summed E-state index contributed by atoms with van der Waals surface area (Å²) in [6.45, 7) is 3.58. The number of hydrogen-bond acceptors (Lipinski definition) is 3. The topological polar surface area (TPSA) is 85.8 Å². The minimum atomic E-state index is -0.00495. The molecule has 22 heavy (non-hydrogen) atoms. The van der Waals surface area contributed by atoms with Crippen molar-refractivity contribution in [3.8, 4) is 0 Å². The maximum absolute atomic E-state index is 11.6. The third kappa shape index (κ3) is 5.98. The molecule has 0 aromatic carbocycles. The highest BCUT2D eigenvalue weighted by Gasteiger charge is 2.26. The summed E-state index contributed by atoms with van der Waals surface area (Å²) in [7, 11) is 1.68. The summed E-state index contributed by atoms with van der Waals surface area (Å²) < 4.78 is 0. The maximum atomic E-state index is 11.6. The van der Waals surface area contributed by atoms with Crippen LogP contribution in [0, 0.1) is 0 Å². The first-order valence-electron chi connectivity index (χ1n) is 7.66. The molecule has 7 nitrogen and oxygen atoms in total. The van der Waals surface area contributed by atoms with Crippen molar-refractivity contribution in [1.29, 1.82) is 0 Å². The first-order valence-corrected chi connectivity index (χ1v) is 7.66. The van der Waals surface area contributed by atoms with Gasteiger partial charge in [0.25, 0.3) is 0 Å². The summed E-state index contributed by atoms with van der Waals surface area (Å²) >= 11 is 0.